The quantitative estimate of drug-likeness (QED) is 0.916. The molecule has 0 unspecified atom stereocenters. The molecule has 5 nitrogen and oxygen atoms in total. The van der Waals surface area contributed by atoms with E-state index in [-0.39, 0.29) is 6.03 Å². The Bertz CT molecular complexity index is 596. The van der Waals surface area contributed by atoms with E-state index in [4.69, 9.17) is 0 Å². The van der Waals surface area contributed by atoms with Crippen LogP contribution in [0.4, 0.5) is 16.2 Å². The van der Waals surface area contributed by atoms with Gasteiger partial charge in [0.15, 0.2) is 0 Å². The number of hydrogen-bond acceptors (Lipinski definition) is 3. The molecule has 0 radical (unpaired) electrons. The molecule has 5 heteroatoms. The predicted octanol–water partition coefficient (Wildman–Crippen LogP) is 3.23. The number of benzene rings is 1. The summed E-state index contributed by atoms with van der Waals surface area (Å²) in [6.07, 6.45) is 5.00. The van der Waals surface area contributed by atoms with Gasteiger partial charge in [-0.2, -0.15) is 0 Å². The van der Waals surface area contributed by atoms with Crippen molar-refractivity contribution in [3.05, 3.63) is 24.3 Å². The zero-order valence-electron chi connectivity index (χ0n) is 15.3. The number of urea groups is 1. The van der Waals surface area contributed by atoms with Crippen LogP contribution >= 0.6 is 0 Å². The van der Waals surface area contributed by atoms with Crippen molar-refractivity contribution in [2.75, 3.05) is 49.5 Å². The van der Waals surface area contributed by atoms with Gasteiger partial charge in [-0.15, -0.1) is 0 Å². The van der Waals surface area contributed by atoms with Gasteiger partial charge in [-0.25, -0.2) is 4.79 Å². The summed E-state index contributed by atoms with van der Waals surface area (Å²) in [5.41, 5.74) is 2.16. The second kappa shape index (κ2) is 7.24. The second-order valence-corrected chi connectivity index (χ2v) is 7.95. The second-order valence-electron chi connectivity index (χ2n) is 7.95. The molecule has 3 saturated heterocycles. The molecule has 4 rings (SSSR count). The maximum Gasteiger partial charge on any atom is 0.321 e. The highest BCUT2D eigenvalue weighted by atomic mass is 16.2. The summed E-state index contributed by atoms with van der Waals surface area (Å²) in [6.45, 7) is 8.73. The summed E-state index contributed by atoms with van der Waals surface area (Å²) < 4.78 is 0. The molecule has 3 fully saturated rings. The van der Waals surface area contributed by atoms with Crippen molar-refractivity contribution >= 4 is 17.4 Å². The van der Waals surface area contributed by atoms with E-state index in [1.807, 2.05) is 17.0 Å². The molecule has 3 aliphatic rings. The number of carbonyl (C=O) groups is 1. The summed E-state index contributed by atoms with van der Waals surface area (Å²) in [4.78, 5) is 19.5. The van der Waals surface area contributed by atoms with Crippen molar-refractivity contribution < 1.29 is 4.79 Å². The molecule has 1 aromatic carbocycles. The van der Waals surface area contributed by atoms with Crippen molar-refractivity contribution in [2.24, 2.45) is 5.92 Å². The Labute approximate surface area is 151 Å². The van der Waals surface area contributed by atoms with E-state index in [2.05, 4.69) is 34.2 Å². The minimum Gasteiger partial charge on any atom is -0.371 e. The fourth-order valence-electron chi connectivity index (χ4n) is 4.46. The van der Waals surface area contributed by atoms with Crippen molar-refractivity contribution in [2.45, 2.75) is 38.6 Å². The molecule has 0 aromatic heterocycles. The third-order valence-electron chi connectivity index (χ3n) is 6.02. The predicted molar refractivity (Wildman–Crippen MR) is 102 cm³/mol. The van der Waals surface area contributed by atoms with E-state index >= 15 is 0 Å². The lowest BCUT2D eigenvalue weighted by atomic mass is 10.2. The molecule has 0 spiro atoms. The Kier molecular flexibility index (Phi) is 4.84. The Morgan fingerprint density at radius 1 is 1.00 bits per heavy atom. The van der Waals surface area contributed by atoms with Crippen molar-refractivity contribution in [3.63, 3.8) is 0 Å². The molecule has 2 amide bonds. The Hall–Kier alpha value is -1.75. The minimum atomic E-state index is 0.0456. The molecule has 1 N–H and O–H groups in total. The Morgan fingerprint density at radius 3 is 2.44 bits per heavy atom. The van der Waals surface area contributed by atoms with Crippen LogP contribution in [0.15, 0.2) is 24.3 Å². The maximum absolute atomic E-state index is 12.5. The lowest BCUT2D eigenvalue weighted by Crippen LogP contribution is -2.38. The van der Waals surface area contributed by atoms with Crippen molar-refractivity contribution in [1.29, 1.82) is 0 Å². The zero-order chi connectivity index (χ0) is 17.2. The summed E-state index contributed by atoms with van der Waals surface area (Å²) in [7, 11) is 0. The standard InChI is InChI=1S/C20H30N4O/c1-16-8-12-23(14-16)18-6-4-17(5-7-18)21-20(25)24-13-9-19(15-24)22-10-2-3-11-22/h4-7,16,19H,2-3,8-15H2,1H3,(H,21,25)/t16-,19-/m1/s1. The summed E-state index contributed by atoms with van der Waals surface area (Å²) >= 11 is 0. The maximum atomic E-state index is 12.5. The van der Waals surface area contributed by atoms with Gasteiger partial charge in [0.1, 0.15) is 0 Å². The summed E-state index contributed by atoms with van der Waals surface area (Å²) in [6, 6.07) is 8.93. The van der Waals surface area contributed by atoms with E-state index < -0.39 is 0 Å². The molecule has 3 aliphatic heterocycles. The van der Waals surface area contributed by atoms with Crippen LogP contribution in [0.2, 0.25) is 0 Å². The highest BCUT2D eigenvalue weighted by Gasteiger charge is 2.31. The molecule has 2 atom stereocenters. The Balaban J connectivity index is 1.30. The molecule has 0 saturated carbocycles. The van der Waals surface area contributed by atoms with E-state index in [0.29, 0.717) is 6.04 Å². The molecule has 3 heterocycles. The number of anilines is 2. The average molecular weight is 342 g/mol. The molecule has 1 aromatic rings. The van der Waals surface area contributed by atoms with Crippen LogP contribution in [0.1, 0.15) is 32.6 Å². The first-order valence-electron chi connectivity index (χ1n) is 9.84. The zero-order valence-corrected chi connectivity index (χ0v) is 15.3. The first-order chi connectivity index (χ1) is 12.2. The third kappa shape index (κ3) is 3.76. The van der Waals surface area contributed by atoms with Gasteiger partial charge in [-0.05, 0) is 69.0 Å². The van der Waals surface area contributed by atoms with Crippen molar-refractivity contribution in [3.8, 4) is 0 Å². The fraction of sp³-hybridized carbons (Fsp3) is 0.650. The monoisotopic (exact) mass is 342 g/mol. The minimum absolute atomic E-state index is 0.0456. The van der Waals surface area contributed by atoms with E-state index in [1.54, 1.807) is 0 Å². The van der Waals surface area contributed by atoms with E-state index in [0.717, 1.165) is 44.2 Å². The van der Waals surface area contributed by atoms with Crippen LogP contribution in [0, 0.1) is 5.92 Å². The number of hydrogen-bond donors (Lipinski definition) is 1. The molecule has 136 valence electrons. The highest BCUT2D eigenvalue weighted by molar-refractivity contribution is 5.89. The smallest absolute Gasteiger partial charge is 0.321 e. The van der Waals surface area contributed by atoms with Gasteiger partial charge >= 0.3 is 6.03 Å². The highest BCUT2D eigenvalue weighted by Crippen LogP contribution is 2.25. The normalized spacial score (nSPS) is 27.2. The van der Waals surface area contributed by atoms with Crippen molar-refractivity contribution in [1.82, 2.24) is 9.80 Å². The number of nitrogens with one attached hydrogen (secondary N) is 1. The number of amides is 2. The topological polar surface area (TPSA) is 38.8 Å². The molecular weight excluding hydrogens is 312 g/mol. The van der Waals surface area contributed by atoms with Gasteiger partial charge in [0, 0.05) is 43.6 Å². The van der Waals surface area contributed by atoms with Crippen LogP contribution in [0.5, 0.6) is 0 Å². The van der Waals surface area contributed by atoms with Gasteiger partial charge in [0.25, 0.3) is 0 Å². The fourth-order valence-corrected chi connectivity index (χ4v) is 4.46. The first kappa shape index (κ1) is 16.7. The van der Waals surface area contributed by atoms with Gasteiger partial charge in [-0.1, -0.05) is 6.92 Å². The number of nitrogens with zero attached hydrogens (tertiary/aromatic N) is 3. The van der Waals surface area contributed by atoms with Crippen LogP contribution in [-0.4, -0.2) is 61.1 Å². The van der Waals surface area contributed by atoms with Crippen LogP contribution < -0.4 is 10.2 Å². The summed E-state index contributed by atoms with van der Waals surface area (Å²) in [5.74, 6) is 0.776. The number of rotatable bonds is 3. The average Bonchev–Trinajstić information content (AvgIpc) is 3.36. The lowest BCUT2D eigenvalue weighted by Gasteiger charge is -2.24. The van der Waals surface area contributed by atoms with Gasteiger partial charge < -0.3 is 15.1 Å². The number of likely N-dealkylation sites (tertiary alicyclic amines) is 2. The molecule has 0 bridgehead atoms. The molecule has 25 heavy (non-hydrogen) atoms. The van der Waals surface area contributed by atoms with E-state index in [1.165, 1.54) is 38.0 Å². The lowest BCUT2D eigenvalue weighted by molar-refractivity contribution is 0.210. The van der Waals surface area contributed by atoms with E-state index in [9.17, 15) is 4.79 Å². The number of carbonyl (C=O) groups excluding carboxylic acids is 1. The van der Waals surface area contributed by atoms with Gasteiger partial charge in [0.05, 0.1) is 0 Å². The van der Waals surface area contributed by atoms with Crippen LogP contribution in [-0.2, 0) is 0 Å². The molecule has 0 aliphatic carbocycles. The van der Waals surface area contributed by atoms with Crippen LogP contribution in [0.3, 0.4) is 0 Å². The largest absolute Gasteiger partial charge is 0.371 e. The SMILES string of the molecule is C[C@@H]1CCN(c2ccc(NC(=O)N3CC[C@@H](N4CCCC4)C3)cc2)C1. The first-order valence-corrected chi connectivity index (χ1v) is 9.84. The summed E-state index contributed by atoms with van der Waals surface area (Å²) in [5, 5.41) is 3.07. The third-order valence-corrected chi connectivity index (χ3v) is 6.02. The molecular formula is C20H30N4O. The van der Waals surface area contributed by atoms with Gasteiger partial charge in [-0.3, -0.25) is 4.90 Å². The Morgan fingerprint density at radius 2 is 1.76 bits per heavy atom. The van der Waals surface area contributed by atoms with Crippen LogP contribution in [0.25, 0.3) is 0 Å². The van der Waals surface area contributed by atoms with Gasteiger partial charge in [0.2, 0.25) is 0 Å².